The average Bonchev–Trinajstić information content (AvgIpc) is 2.85. The molecule has 0 aliphatic carbocycles. The molecule has 2 rings (SSSR count). The van der Waals surface area contributed by atoms with Crippen LogP contribution >= 0.6 is 27.3 Å². The van der Waals surface area contributed by atoms with Gasteiger partial charge in [-0.25, -0.2) is 8.78 Å². The molecule has 1 unspecified atom stereocenters. The van der Waals surface area contributed by atoms with E-state index in [1.165, 1.54) is 23.1 Å². The van der Waals surface area contributed by atoms with Crippen LogP contribution in [0, 0.1) is 11.6 Å². The average molecular weight is 374 g/mol. The minimum atomic E-state index is -0.467. The Labute approximate surface area is 136 Å². The molecule has 0 aliphatic heterocycles. The van der Waals surface area contributed by atoms with Crippen molar-refractivity contribution in [1.29, 1.82) is 0 Å². The molecule has 1 N–H and O–H groups in total. The van der Waals surface area contributed by atoms with Gasteiger partial charge >= 0.3 is 0 Å². The van der Waals surface area contributed by atoms with Gasteiger partial charge in [0, 0.05) is 26.3 Å². The van der Waals surface area contributed by atoms with E-state index in [2.05, 4.69) is 34.2 Å². The summed E-state index contributed by atoms with van der Waals surface area (Å²) in [5.74, 6) is -0.934. The Bertz CT molecular complexity index is 565. The van der Waals surface area contributed by atoms with Crippen LogP contribution in [0.5, 0.6) is 0 Å². The highest BCUT2D eigenvalue weighted by atomic mass is 79.9. The molecule has 1 atom stereocenters. The standard InChI is InChI=1S/C16H18BrF2NS/c1-2-6-20-12(8-13-7-11(17)10-21-13)9-14-15(18)4-3-5-16(14)19/h3-5,7,10,12,20H,2,6,8-9H2,1H3. The second kappa shape index (κ2) is 8.01. The van der Waals surface area contributed by atoms with Crippen LogP contribution in [0.1, 0.15) is 23.8 Å². The zero-order chi connectivity index (χ0) is 15.2. The van der Waals surface area contributed by atoms with Crippen molar-refractivity contribution in [3.63, 3.8) is 0 Å². The Morgan fingerprint density at radius 2 is 1.95 bits per heavy atom. The lowest BCUT2D eigenvalue weighted by molar-refractivity contribution is 0.476. The van der Waals surface area contributed by atoms with Gasteiger partial charge in [0.05, 0.1) is 0 Å². The summed E-state index contributed by atoms with van der Waals surface area (Å²) in [7, 11) is 0. The van der Waals surface area contributed by atoms with Gasteiger partial charge in [-0.3, -0.25) is 0 Å². The molecule has 0 bridgehead atoms. The lowest BCUT2D eigenvalue weighted by Crippen LogP contribution is -2.34. The Kier molecular flexibility index (Phi) is 6.33. The third-order valence-corrected chi connectivity index (χ3v) is 4.98. The van der Waals surface area contributed by atoms with Crippen molar-refractivity contribution in [2.24, 2.45) is 0 Å². The third kappa shape index (κ3) is 4.87. The van der Waals surface area contributed by atoms with Gasteiger partial charge in [-0.05, 0) is 59.9 Å². The summed E-state index contributed by atoms with van der Waals surface area (Å²) in [6.45, 7) is 2.92. The number of halogens is 3. The summed E-state index contributed by atoms with van der Waals surface area (Å²) in [5.41, 5.74) is 0.168. The summed E-state index contributed by atoms with van der Waals surface area (Å²) in [6, 6.07) is 6.12. The van der Waals surface area contributed by atoms with Gasteiger partial charge in [0.1, 0.15) is 11.6 Å². The molecule has 0 fully saturated rings. The van der Waals surface area contributed by atoms with E-state index in [0.717, 1.165) is 23.9 Å². The molecular weight excluding hydrogens is 356 g/mol. The Morgan fingerprint density at radius 1 is 1.24 bits per heavy atom. The highest BCUT2D eigenvalue weighted by Gasteiger charge is 2.16. The van der Waals surface area contributed by atoms with E-state index in [1.54, 1.807) is 11.3 Å². The maximum Gasteiger partial charge on any atom is 0.129 e. The van der Waals surface area contributed by atoms with Gasteiger partial charge in [0.15, 0.2) is 0 Å². The van der Waals surface area contributed by atoms with Crippen LogP contribution in [0.2, 0.25) is 0 Å². The number of hydrogen-bond donors (Lipinski definition) is 1. The summed E-state index contributed by atoms with van der Waals surface area (Å²) < 4.78 is 28.7. The molecule has 0 spiro atoms. The van der Waals surface area contributed by atoms with Crippen molar-refractivity contribution in [3.8, 4) is 0 Å². The predicted octanol–water partition coefficient (Wildman–Crippen LogP) is 4.94. The molecule has 0 saturated heterocycles. The van der Waals surface area contributed by atoms with Crippen molar-refractivity contribution in [1.82, 2.24) is 5.32 Å². The lowest BCUT2D eigenvalue weighted by Gasteiger charge is -2.18. The number of thiophene rings is 1. The van der Waals surface area contributed by atoms with E-state index in [9.17, 15) is 8.78 Å². The first kappa shape index (κ1) is 16.6. The van der Waals surface area contributed by atoms with E-state index in [4.69, 9.17) is 0 Å². The minimum absolute atomic E-state index is 0.0295. The molecule has 1 heterocycles. The number of rotatable bonds is 7. The van der Waals surface area contributed by atoms with Crippen molar-refractivity contribution in [2.45, 2.75) is 32.2 Å². The van der Waals surface area contributed by atoms with Crippen LogP contribution < -0.4 is 5.32 Å². The molecule has 21 heavy (non-hydrogen) atoms. The molecule has 2 aromatic rings. The van der Waals surface area contributed by atoms with Crippen LogP contribution in [-0.4, -0.2) is 12.6 Å². The smallest absolute Gasteiger partial charge is 0.129 e. The fraction of sp³-hybridized carbons (Fsp3) is 0.375. The molecule has 0 amide bonds. The fourth-order valence-corrected chi connectivity index (χ4v) is 3.78. The van der Waals surface area contributed by atoms with Gasteiger partial charge in [-0.15, -0.1) is 11.3 Å². The summed E-state index contributed by atoms with van der Waals surface area (Å²) in [4.78, 5) is 1.20. The van der Waals surface area contributed by atoms with Crippen LogP contribution in [0.4, 0.5) is 8.78 Å². The molecule has 0 radical (unpaired) electrons. The molecule has 0 saturated carbocycles. The van der Waals surface area contributed by atoms with Crippen molar-refractivity contribution >= 4 is 27.3 Å². The zero-order valence-corrected chi connectivity index (χ0v) is 14.2. The second-order valence-corrected chi connectivity index (χ2v) is 6.90. The summed E-state index contributed by atoms with van der Waals surface area (Å²) >= 11 is 5.09. The topological polar surface area (TPSA) is 12.0 Å². The van der Waals surface area contributed by atoms with Crippen LogP contribution in [0.25, 0.3) is 0 Å². The number of benzene rings is 1. The normalized spacial score (nSPS) is 12.6. The quantitative estimate of drug-likeness (QED) is 0.724. The molecule has 1 aromatic heterocycles. The van der Waals surface area contributed by atoms with Gasteiger partial charge in [-0.1, -0.05) is 13.0 Å². The summed E-state index contributed by atoms with van der Waals surface area (Å²) in [6.07, 6.45) is 2.11. The Morgan fingerprint density at radius 3 is 2.52 bits per heavy atom. The van der Waals surface area contributed by atoms with Gasteiger partial charge in [0.2, 0.25) is 0 Å². The van der Waals surface area contributed by atoms with Crippen LogP contribution in [0.15, 0.2) is 34.1 Å². The first-order valence-corrected chi connectivity index (χ1v) is 8.66. The maximum absolute atomic E-state index is 13.8. The fourth-order valence-electron chi connectivity index (χ4n) is 2.24. The largest absolute Gasteiger partial charge is 0.313 e. The minimum Gasteiger partial charge on any atom is -0.313 e. The first-order chi connectivity index (χ1) is 10.1. The van der Waals surface area contributed by atoms with E-state index < -0.39 is 11.6 Å². The molecule has 5 heteroatoms. The molecule has 1 aromatic carbocycles. The van der Waals surface area contributed by atoms with Crippen molar-refractivity contribution in [2.75, 3.05) is 6.54 Å². The highest BCUT2D eigenvalue weighted by molar-refractivity contribution is 9.10. The van der Waals surface area contributed by atoms with E-state index in [1.807, 2.05) is 5.38 Å². The van der Waals surface area contributed by atoms with E-state index >= 15 is 0 Å². The van der Waals surface area contributed by atoms with Crippen molar-refractivity contribution in [3.05, 3.63) is 56.2 Å². The predicted molar refractivity (Wildman–Crippen MR) is 87.9 cm³/mol. The van der Waals surface area contributed by atoms with E-state index in [0.29, 0.717) is 6.42 Å². The van der Waals surface area contributed by atoms with Gasteiger partial charge < -0.3 is 5.32 Å². The monoisotopic (exact) mass is 373 g/mol. The highest BCUT2D eigenvalue weighted by Crippen LogP contribution is 2.23. The second-order valence-electron chi connectivity index (χ2n) is 4.99. The van der Waals surface area contributed by atoms with Gasteiger partial charge in [0.25, 0.3) is 0 Å². The lowest BCUT2D eigenvalue weighted by atomic mass is 10.0. The third-order valence-electron chi connectivity index (χ3n) is 3.26. The zero-order valence-electron chi connectivity index (χ0n) is 11.8. The molecule has 0 aliphatic rings. The number of nitrogens with one attached hydrogen (secondary N) is 1. The SMILES string of the molecule is CCCNC(Cc1cc(Br)cs1)Cc1c(F)cccc1F. The Balaban J connectivity index is 2.12. The van der Waals surface area contributed by atoms with E-state index in [-0.39, 0.29) is 11.6 Å². The maximum atomic E-state index is 13.8. The number of hydrogen-bond acceptors (Lipinski definition) is 2. The Hall–Kier alpha value is -0.780. The molecular formula is C16H18BrF2NS. The first-order valence-electron chi connectivity index (χ1n) is 6.99. The molecule has 1 nitrogen and oxygen atoms in total. The molecule has 114 valence electrons. The summed E-state index contributed by atoms with van der Waals surface area (Å²) in [5, 5.41) is 5.41. The van der Waals surface area contributed by atoms with Crippen molar-refractivity contribution < 1.29 is 8.78 Å². The van der Waals surface area contributed by atoms with Crippen LogP contribution in [0.3, 0.4) is 0 Å². The van der Waals surface area contributed by atoms with Crippen LogP contribution in [-0.2, 0) is 12.8 Å². The van der Waals surface area contributed by atoms with Gasteiger partial charge in [-0.2, -0.15) is 0 Å².